The van der Waals surface area contributed by atoms with Gasteiger partial charge >= 0.3 is 0 Å². The summed E-state index contributed by atoms with van der Waals surface area (Å²) in [4.78, 5) is 0. The summed E-state index contributed by atoms with van der Waals surface area (Å²) >= 11 is 1.70. The van der Waals surface area contributed by atoms with Crippen molar-refractivity contribution < 1.29 is 9.84 Å². The number of nitrogens with one attached hydrogen (secondary N) is 1. The average Bonchev–Trinajstić information content (AvgIpc) is 2.79. The molecule has 0 spiro atoms. The summed E-state index contributed by atoms with van der Waals surface area (Å²) in [6.45, 7) is 5.26. The molecule has 0 aromatic heterocycles. The van der Waals surface area contributed by atoms with E-state index in [1.807, 2.05) is 6.26 Å². The van der Waals surface area contributed by atoms with E-state index in [9.17, 15) is 5.11 Å². The van der Waals surface area contributed by atoms with E-state index in [0.29, 0.717) is 0 Å². The van der Waals surface area contributed by atoms with Crippen LogP contribution in [0.25, 0.3) is 0 Å². The number of ether oxygens (including phenoxy) is 1. The van der Waals surface area contributed by atoms with Crippen LogP contribution >= 0.6 is 11.8 Å². The molecule has 1 heterocycles. The van der Waals surface area contributed by atoms with Gasteiger partial charge in [-0.05, 0) is 31.7 Å². The molecule has 0 fully saturated rings. The van der Waals surface area contributed by atoms with Crippen LogP contribution in [-0.2, 0) is 6.42 Å². The van der Waals surface area contributed by atoms with E-state index in [1.165, 1.54) is 11.1 Å². The Balaban J connectivity index is 1.84. The van der Waals surface area contributed by atoms with Crippen LogP contribution in [0.15, 0.2) is 18.2 Å². The molecule has 3 atom stereocenters. The first-order valence-electron chi connectivity index (χ1n) is 6.77. The fourth-order valence-electron chi connectivity index (χ4n) is 2.45. The third-order valence-corrected chi connectivity index (χ3v) is 4.83. The van der Waals surface area contributed by atoms with Crippen molar-refractivity contribution in [3.05, 3.63) is 29.3 Å². The molecule has 2 rings (SSSR count). The van der Waals surface area contributed by atoms with E-state index in [2.05, 4.69) is 37.4 Å². The van der Waals surface area contributed by atoms with Crippen LogP contribution in [0.3, 0.4) is 0 Å². The molecule has 0 saturated heterocycles. The monoisotopic (exact) mass is 281 g/mol. The maximum Gasteiger partial charge on any atom is 0.123 e. The Morgan fingerprint density at radius 1 is 1.53 bits per heavy atom. The van der Waals surface area contributed by atoms with E-state index in [1.54, 1.807) is 11.8 Å². The Kier molecular flexibility index (Phi) is 5.13. The molecule has 0 amide bonds. The van der Waals surface area contributed by atoms with Crippen molar-refractivity contribution >= 4 is 11.8 Å². The molecule has 106 valence electrons. The van der Waals surface area contributed by atoms with Crippen molar-refractivity contribution in [2.75, 3.05) is 19.4 Å². The van der Waals surface area contributed by atoms with Gasteiger partial charge in [-0.25, -0.2) is 0 Å². The Labute approximate surface area is 119 Å². The predicted octanol–water partition coefficient (Wildman–Crippen LogP) is 2.00. The minimum atomic E-state index is 0.209. The number of aliphatic hydroxyl groups is 1. The van der Waals surface area contributed by atoms with Crippen molar-refractivity contribution in [1.82, 2.24) is 5.32 Å². The summed E-state index contributed by atoms with van der Waals surface area (Å²) < 4.78 is 5.93. The van der Waals surface area contributed by atoms with Gasteiger partial charge in [0.2, 0.25) is 0 Å². The molecule has 0 saturated carbocycles. The first kappa shape index (κ1) is 14.7. The van der Waals surface area contributed by atoms with Crippen LogP contribution in [-0.4, -0.2) is 41.9 Å². The number of thioether (sulfide) groups is 1. The van der Waals surface area contributed by atoms with Crippen molar-refractivity contribution in [1.29, 1.82) is 0 Å². The lowest BCUT2D eigenvalue weighted by Crippen LogP contribution is -2.42. The highest BCUT2D eigenvalue weighted by atomic mass is 32.2. The fourth-order valence-corrected chi connectivity index (χ4v) is 3.10. The summed E-state index contributed by atoms with van der Waals surface area (Å²) in [5.41, 5.74) is 2.59. The molecule has 4 heteroatoms. The molecular weight excluding hydrogens is 258 g/mol. The van der Waals surface area contributed by atoms with Gasteiger partial charge in [0, 0.05) is 24.3 Å². The molecular formula is C15H23NO2S. The Bertz CT molecular complexity index is 421. The third-order valence-electron chi connectivity index (χ3n) is 3.67. The van der Waals surface area contributed by atoms with Crippen LogP contribution in [0.4, 0.5) is 0 Å². The third kappa shape index (κ3) is 3.65. The quantitative estimate of drug-likeness (QED) is 0.837. The number of rotatable bonds is 6. The lowest BCUT2D eigenvalue weighted by Gasteiger charge is -2.23. The smallest absolute Gasteiger partial charge is 0.123 e. The van der Waals surface area contributed by atoms with E-state index in [0.717, 1.165) is 18.7 Å². The van der Waals surface area contributed by atoms with Gasteiger partial charge in [-0.3, -0.25) is 0 Å². The minimum absolute atomic E-state index is 0.209. The molecule has 1 aliphatic heterocycles. The van der Waals surface area contributed by atoms with Gasteiger partial charge in [0.15, 0.2) is 0 Å². The van der Waals surface area contributed by atoms with E-state index < -0.39 is 0 Å². The zero-order valence-electron chi connectivity index (χ0n) is 11.8. The minimum Gasteiger partial charge on any atom is -0.488 e. The molecule has 19 heavy (non-hydrogen) atoms. The van der Waals surface area contributed by atoms with Crippen LogP contribution in [0.5, 0.6) is 5.75 Å². The Hall–Kier alpha value is -0.710. The van der Waals surface area contributed by atoms with Crippen molar-refractivity contribution in [3.63, 3.8) is 0 Å². The highest BCUT2D eigenvalue weighted by Gasteiger charge is 2.24. The molecule has 0 radical (unpaired) electrons. The van der Waals surface area contributed by atoms with Gasteiger partial charge < -0.3 is 15.2 Å². The zero-order valence-corrected chi connectivity index (χ0v) is 12.7. The second-order valence-corrected chi connectivity index (χ2v) is 6.29. The highest BCUT2D eigenvalue weighted by molar-refractivity contribution is 7.99. The predicted molar refractivity (Wildman–Crippen MR) is 81.2 cm³/mol. The summed E-state index contributed by atoms with van der Waals surface area (Å²) in [6, 6.07) is 6.64. The van der Waals surface area contributed by atoms with Crippen LogP contribution in [0, 0.1) is 6.92 Å². The van der Waals surface area contributed by atoms with Gasteiger partial charge in [-0.15, -0.1) is 0 Å². The second kappa shape index (κ2) is 6.64. The van der Waals surface area contributed by atoms with Crippen molar-refractivity contribution in [3.8, 4) is 5.75 Å². The van der Waals surface area contributed by atoms with Crippen molar-refractivity contribution in [2.45, 2.75) is 37.7 Å². The van der Waals surface area contributed by atoms with Crippen LogP contribution in [0.1, 0.15) is 18.1 Å². The van der Waals surface area contributed by atoms with Crippen LogP contribution < -0.4 is 10.1 Å². The summed E-state index contributed by atoms with van der Waals surface area (Å²) in [7, 11) is 0. The molecule has 3 nitrogen and oxygen atoms in total. The first-order valence-corrected chi connectivity index (χ1v) is 8.06. The molecule has 2 N–H and O–H groups in total. The normalized spacial score (nSPS) is 20.7. The number of benzene rings is 1. The number of hydrogen-bond acceptors (Lipinski definition) is 4. The number of aliphatic hydroxyl groups excluding tert-OH is 1. The summed E-state index contributed by atoms with van der Waals surface area (Å²) in [5, 5.41) is 13.0. The number of aryl methyl sites for hydroxylation is 1. The maximum absolute atomic E-state index is 9.27. The van der Waals surface area contributed by atoms with E-state index >= 15 is 0 Å². The highest BCUT2D eigenvalue weighted by Crippen LogP contribution is 2.29. The molecule has 1 aromatic rings. The fraction of sp³-hybridized carbons (Fsp3) is 0.600. The molecule has 1 aromatic carbocycles. The van der Waals surface area contributed by atoms with E-state index in [4.69, 9.17) is 4.74 Å². The molecule has 0 bridgehead atoms. The van der Waals surface area contributed by atoms with E-state index in [-0.39, 0.29) is 24.0 Å². The number of fused-ring (bicyclic) bond motifs is 1. The average molecular weight is 281 g/mol. The van der Waals surface area contributed by atoms with Crippen LogP contribution in [0.2, 0.25) is 0 Å². The summed E-state index contributed by atoms with van der Waals surface area (Å²) in [5.74, 6) is 1.02. The van der Waals surface area contributed by atoms with Crippen molar-refractivity contribution in [2.24, 2.45) is 0 Å². The first-order chi connectivity index (χ1) is 9.13. The molecule has 3 unspecified atom stereocenters. The lowest BCUT2D eigenvalue weighted by atomic mass is 10.1. The Morgan fingerprint density at radius 2 is 2.32 bits per heavy atom. The van der Waals surface area contributed by atoms with Gasteiger partial charge in [0.1, 0.15) is 11.9 Å². The molecule has 1 aliphatic rings. The zero-order chi connectivity index (χ0) is 13.8. The lowest BCUT2D eigenvalue weighted by molar-refractivity contribution is 0.215. The SMILES string of the molecule is CSC(CO)C(C)NCC1Cc2cc(C)ccc2O1. The second-order valence-electron chi connectivity index (χ2n) is 5.21. The molecule has 0 aliphatic carbocycles. The van der Waals surface area contributed by atoms with Gasteiger partial charge in [-0.1, -0.05) is 17.7 Å². The largest absolute Gasteiger partial charge is 0.488 e. The summed E-state index contributed by atoms with van der Waals surface area (Å²) in [6.07, 6.45) is 3.21. The topological polar surface area (TPSA) is 41.5 Å². The Morgan fingerprint density at radius 3 is 3.00 bits per heavy atom. The van der Waals surface area contributed by atoms with Gasteiger partial charge in [0.05, 0.1) is 6.61 Å². The van der Waals surface area contributed by atoms with Gasteiger partial charge in [-0.2, -0.15) is 11.8 Å². The van der Waals surface area contributed by atoms with Gasteiger partial charge in [0.25, 0.3) is 0 Å². The standard InChI is InChI=1S/C15H23NO2S/c1-10-4-5-14-12(6-10)7-13(18-14)8-16-11(2)15(9-17)19-3/h4-6,11,13,15-17H,7-9H2,1-3H3. The maximum atomic E-state index is 9.27. The number of hydrogen-bond donors (Lipinski definition) is 2.